The lowest BCUT2D eigenvalue weighted by Gasteiger charge is -1.80. The smallest absolute Gasteiger partial charge is 0.0952 e. The van der Waals surface area contributed by atoms with E-state index in [-0.39, 0.29) is 0 Å². The van der Waals surface area contributed by atoms with Crippen molar-refractivity contribution in [1.82, 2.24) is 0 Å². The molecule has 8 heavy (non-hydrogen) atoms. The number of hydrogen-bond acceptors (Lipinski definition) is 3. The first-order chi connectivity index (χ1) is 3.97. The highest BCUT2D eigenvalue weighted by atomic mass is 32.2. The number of allylic oxidation sites excluding steroid dienone is 1. The van der Waals surface area contributed by atoms with E-state index in [1.807, 2.05) is 6.08 Å². The van der Waals surface area contributed by atoms with Gasteiger partial charge in [-0.1, -0.05) is 0 Å². The van der Waals surface area contributed by atoms with Gasteiger partial charge in [0.15, 0.2) is 0 Å². The Bertz CT molecular complexity index is 202. The van der Waals surface area contributed by atoms with Gasteiger partial charge in [0.25, 0.3) is 0 Å². The molecular formula is C5H4N2S. The first-order valence-corrected chi connectivity index (χ1v) is 3.34. The second-order valence-corrected chi connectivity index (χ2v) is 2.37. The van der Waals surface area contributed by atoms with Gasteiger partial charge in [0.05, 0.1) is 17.2 Å². The van der Waals surface area contributed by atoms with Crippen molar-refractivity contribution in [3.8, 4) is 0 Å². The molecule has 40 valence electrons. The summed E-state index contributed by atoms with van der Waals surface area (Å²) in [6, 6.07) is 0. The summed E-state index contributed by atoms with van der Waals surface area (Å²) in [6.45, 7) is 0. The van der Waals surface area contributed by atoms with Crippen molar-refractivity contribution in [3.05, 3.63) is 12.3 Å². The zero-order valence-corrected chi connectivity index (χ0v) is 4.98. The second kappa shape index (κ2) is 1.45. The molecule has 0 unspecified atom stereocenters. The predicted octanol–water partition coefficient (Wildman–Crippen LogP) is 1.06. The summed E-state index contributed by atoms with van der Waals surface area (Å²) in [5.74, 6) is 0.961. The van der Waals surface area contributed by atoms with Crippen LogP contribution in [-0.4, -0.2) is 17.2 Å². The largest absolute Gasteiger partial charge is 0.258 e. The molecule has 0 fully saturated rings. The zero-order valence-electron chi connectivity index (χ0n) is 4.16. The number of aliphatic imine (C=N–C) groups is 1. The van der Waals surface area contributed by atoms with E-state index in [0.29, 0.717) is 0 Å². The Balaban J connectivity index is 2.49. The first kappa shape index (κ1) is 4.32. The van der Waals surface area contributed by atoms with Crippen LogP contribution in [0, 0.1) is 0 Å². The van der Waals surface area contributed by atoms with Crippen molar-refractivity contribution >= 4 is 23.4 Å². The van der Waals surface area contributed by atoms with Gasteiger partial charge < -0.3 is 0 Å². The van der Waals surface area contributed by atoms with Gasteiger partial charge >= 0.3 is 0 Å². The van der Waals surface area contributed by atoms with Crippen molar-refractivity contribution in [2.75, 3.05) is 5.75 Å². The Hall–Kier alpha value is -0.570. The summed E-state index contributed by atoms with van der Waals surface area (Å²) in [7, 11) is 0. The highest BCUT2D eigenvalue weighted by molar-refractivity contribution is 7.99. The van der Waals surface area contributed by atoms with Crippen molar-refractivity contribution in [2.45, 2.75) is 0 Å². The van der Waals surface area contributed by atoms with Crippen LogP contribution in [-0.2, 0) is 0 Å². The van der Waals surface area contributed by atoms with Gasteiger partial charge in [-0.3, -0.25) is 4.99 Å². The Morgan fingerprint density at radius 1 is 1.62 bits per heavy atom. The van der Waals surface area contributed by atoms with Gasteiger partial charge in [-0.25, -0.2) is 4.40 Å². The lowest BCUT2D eigenvalue weighted by Crippen LogP contribution is -2.03. The Labute approximate surface area is 51.5 Å². The van der Waals surface area contributed by atoms with Gasteiger partial charge in [0.1, 0.15) is 0 Å². The molecule has 0 saturated carbocycles. The van der Waals surface area contributed by atoms with E-state index in [4.69, 9.17) is 0 Å². The minimum atomic E-state index is 0.961. The molecule has 0 spiro atoms. The molecule has 2 rings (SSSR count). The van der Waals surface area contributed by atoms with Crippen LogP contribution in [0.4, 0.5) is 0 Å². The summed E-state index contributed by atoms with van der Waals surface area (Å²) in [5.41, 5.74) is 2.20. The molecule has 0 radical (unpaired) electrons. The maximum Gasteiger partial charge on any atom is 0.0952 e. The van der Waals surface area contributed by atoms with Gasteiger partial charge in [0, 0.05) is 6.20 Å². The fourth-order valence-electron chi connectivity index (χ4n) is 0.717. The summed E-state index contributed by atoms with van der Waals surface area (Å²) < 4.78 is 4.11. The normalized spacial score (nSPS) is 23.0. The molecule has 0 aromatic heterocycles. The molecule has 0 amide bonds. The average Bonchev–Trinajstić information content (AvgIpc) is 2.15. The number of rotatable bonds is 0. The molecule has 0 bridgehead atoms. The third kappa shape index (κ3) is 0.448. The highest BCUT2D eigenvalue weighted by Gasteiger charge is 2.15. The Kier molecular flexibility index (Phi) is 0.784. The molecule has 0 aliphatic carbocycles. The molecule has 2 aliphatic heterocycles. The number of nitrogens with zero attached hydrogens (tertiary/aromatic N) is 2. The Morgan fingerprint density at radius 2 is 2.62 bits per heavy atom. The minimum absolute atomic E-state index is 0.961. The average molecular weight is 124 g/mol. The molecule has 0 aromatic carbocycles. The maximum atomic E-state index is 4.11. The summed E-state index contributed by atoms with van der Waals surface area (Å²) in [5, 5.41) is 0. The van der Waals surface area contributed by atoms with E-state index in [2.05, 4.69) is 9.39 Å². The van der Waals surface area contributed by atoms with E-state index in [1.165, 1.54) is 0 Å². The molecule has 2 nitrogen and oxygen atoms in total. The summed E-state index contributed by atoms with van der Waals surface area (Å²) >= 11 is 1.57. The molecule has 2 aliphatic rings. The number of hydrogen-bond donors (Lipinski definition) is 0. The molecule has 0 saturated heterocycles. The molecule has 0 atom stereocenters. The quantitative estimate of drug-likeness (QED) is 0.443. The van der Waals surface area contributed by atoms with E-state index < -0.39 is 0 Å². The van der Waals surface area contributed by atoms with Crippen LogP contribution in [0.25, 0.3) is 0 Å². The summed E-state index contributed by atoms with van der Waals surface area (Å²) in [4.78, 5) is 4.08. The van der Waals surface area contributed by atoms with Crippen LogP contribution < -0.4 is 0 Å². The molecule has 2 heterocycles. The van der Waals surface area contributed by atoms with Crippen LogP contribution in [0.2, 0.25) is 0 Å². The van der Waals surface area contributed by atoms with Crippen LogP contribution in [0.3, 0.4) is 0 Å². The van der Waals surface area contributed by atoms with E-state index in [1.54, 1.807) is 18.1 Å². The SMILES string of the molecule is C1=CC2=NSCC2=N1. The minimum Gasteiger partial charge on any atom is -0.258 e. The molecule has 0 N–H and O–H groups in total. The first-order valence-electron chi connectivity index (χ1n) is 2.40. The van der Waals surface area contributed by atoms with Gasteiger partial charge in [-0.05, 0) is 18.0 Å². The van der Waals surface area contributed by atoms with Gasteiger partial charge in [-0.2, -0.15) is 0 Å². The lowest BCUT2D eigenvalue weighted by molar-refractivity contribution is 1.61. The third-order valence-electron chi connectivity index (χ3n) is 1.12. The van der Waals surface area contributed by atoms with Crippen LogP contribution in [0.15, 0.2) is 21.7 Å². The van der Waals surface area contributed by atoms with Gasteiger partial charge in [0.2, 0.25) is 0 Å². The standard InChI is InChI=1S/C5H4N2S/c1-2-6-5-3-8-7-4(1)5/h1-2H,3H2. The van der Waals surface area contributed by atoms with Crippen molar-refractivity contribution in [3.63, 3.8) is 0 Å². The number of fused-ring (bicyclic) bond motifs is 1. The van der Waals surface area contributed by atoms with Crippen molar-refractivity contribution in [2.24, 2.45) is 9.39 Å². The van der Waals surface area contributed by atoms with Crippen LogP contribution in [0.1, 0.15) is 0 Å². The molecule has 0 aromatic rings. The topological polar surface area (TPSA) is 24.7 Å². The fraction of sp³-hybridized carbons (Fsp3) is 0.200. The fourth-order valence-corrected chi connectivity index (χ4v) is 1.43. The van der Waals surface area contributed by atoms with E-state index in [9.17, 15) is 0 Å². The second-order valence-electron chi connectivity index (χ2n) is 1.64. The van der Waals surface area contributed by atoms with Crippen LogP contribution >= 0.6 is 11.9 Å². The lowest BCUT2D eigenvalue weighted by atomic mass is 10.3. The predicted molar refractivity (Wildman–Crippen MR) is 36.5 cm³/mol. The van der Waals surface area contributed by atoms with Crippen molar-refractivity contribution in [1.29, 1.82) is 0 Å². The van der Waals surface area contributed by atoms with E-state index >= 15 is 0 Å². The molecule has 3 heteroatoms. The Morgan fingerprint density at radius 3 is 3.50 bits per heavy atom. The van der Waals surface area contributed by atoms with E-state index in [0.717, 1.165) is 17.2 Å². The van der Waals surface area contributed by atoms with Crippen LogP contribution in [0.5, 0.6) is 0 Å². The maximum absolute atomic E-state index is 4.11. The summed E-state index contributed by atoms with van der Waals surface area (Å²) in [6.07, 6.45) is 3.74. The zero-order chi connectivity index (χ0) is 5.40. The highest BCUT2D eigenvalue weighted by Crippen LogP contribution is 2.16. The van der Waals surface area contributed by atoms with Crippen molar-refractivity contribution < 1.29 is 0 Å². The monoisotopic (exact) mass is 124 g/mol. The third-order valence-corrected chi connectivity index (χ3v) is 1.85. The van der Waals surface area contributed by atoms with Gasteiger partial charge in [-0.15, -0.1) is 0 Å². The molecular weight excluding hydrogens is 120 g/mol.